The molecule has 0 fully saturated rings. The van der Waals surface area contributed by atoms with E-state index >= 15 is 0 Å². The molecule has 0 aromatic heterocycles. The number of carbonyl (C=O) groups is 3. The average molecular weight is 375 g/mol. The van der Waals surface area contributed by atoms with E-state index in [2.05, 4.69) is 0 Å². The van der Waals surface area contributed by atoms with E-state index in [1.165, 1.54) is 48.5 Å². The van der Waals surface area contributed by atoms with Crippen LogP contribution in [-0.4, -0.2) is 22.5 Å². The molecule has 0 saturated heterocycles. The van der Waals surface area contributed by atoms with Gasteiger partial charge in [0.15, 0.2) is 0 Å². The Hall–Kier alpha value is -4.13. The number of non-ortho nitro benzene ring substituents is 1. The molecule has 0 unspecified atom stereocenters. The number of Topliss-reactive ketones (excluding diaryl/α,β-unsaturated/α-hetero) is 2. The SMILES string of the molecule is O=C(Oc1ccc([N+](=O)[O-])cc1)c1ccc(C(=O)C(=O)c2ccccc2)cc1. The Morgan fingerprint density at radius 2 is 1.18 bits per heavy atom. The van der Waals surface area contributed by atoms with Gasteiger partial charge in [0.05, 0.1) is 10.5 Å². The molecule has 0 amide bonds. The first kappa shape index (κ1) is 18.7. The summed E-state index contributed by atoms with van der Waals surface area (Å²) in [6, 6.07) is 18.7. The van der Waals surface area contributed by atoms with Crippen LogP contribution in [0.4, 0.5) is 5.69 Å². The van der Waals surface area contributed by atoms with Crippen LogP contribution in [0.3, 0.4) is 0 Å². The van der Waals surface area contributed by atoms with Gasteiger partial charge in [0.1, 0.15) is 5.75 Å². The second-order valence-corrected chi connectivity index (χ2v) is 5.74. The Bertz CT molecular complexity index is 1040. The van der Waals surface area contributed by atoms with Crippen molar-refractivity contribution in [3.05, 3.63) is 106 Å². The Labute approximate surface area is 159 Å². The molecule has 3 rings (SSSR count). The van der Waals surface area contributed by atoms with Crippen LogP contribution in [0.15, 0.2) is 78.9 Å². The molecule has 0 aliphatic heterocycles. The van der Waals surface area contributed by atoms with Crippen LogP contribution in [0, 0.1) is 10.1 Å². The minimum absolute atomic E-state index is 0.120. The summed E-state index contributed by atoms with van der Waals surface area (Å²) in [7, 11) is 0. The van der Waals surface area contributed by atoms with Gasteiger partial charge in [-0.1, -0.05) is 42.5 Å². The fourth-order valence-corrected chi connectivity index (χ4v) is 2.41. The van der Waals surface area contributed by atoms with E-state index in [9.17, 15) is 24.5 Å². The second-order valence-electron chi connectivity index (χ2n) is 5.74. The number of hydrogen-bond acceptors (Lipinski definition) is 6. The van der Waals surface area contributed by atoms with Crippen LogP contribution in [-0.2, 0) is 0 Å². The lowest BCUT2D eigenvalue weighted by molar-refractivity contribution is -0.384. The highest BCUT2D eigenvalue weighted by Crippen LogP contribution is 2.19. The molecule has 7 heteroatoms. The monoisotopic (exact) mass is 375 g/mol. The standard InChI is InChI=1S/C21H13NO6/c23-19(14-4-2-1-3-5-14)20(24)15-6-8-16(9-7-15)21(25)28-18-12-10-17(11-13-18)22(26)27/h1-13H. The van der Waals surface area contributed by atoms with Gasteiger partial charge in [-0.05, 0) is 24.3 Å². The van der Waals surface area contributed by atoms with Crippen LogP contribution in [0.2, 0.25) is 0 Å². The summed E-state index contributed by atoms with van der Waals surface area (Å²) in [5.41, 5.74) is 0.489. The zero-order valence-electron chi connectivity index (χ0n) is 14.4. The molecule has 28 heavy (non-hydrogen) atoms. The smallest absolute Gasteiger partial charge is 0.343 e. The summed E-state index contributed by atoms with van der Waals surface area (Å²) < 4.78 is 5.14. The average Bonchev–Trinajstić information content (AvgIpc) is 2.73. The topological polar surface area (TPSA) is 104 Å². The van der Waals surface area contributed by atoms with Gasteiger partial charge in [0.2, 0.25) is 11.6 Å². The van der Waals surface area contributed by atoms with Crippen LogP contribution >= 0.6 is 0 Å². The van der Waals surface area contributed by atoms with Crippen molar-refractivity contribution in [3.8, 4) is 5.75 Å². The number of nitro benzene ring substituents is 1. The molecule has 0 aliphatic rings. The lowest BCUT2D eigenvalue weighted by Crippen LogP contribution is -2.15. The molecule has 0 N–H and O–H groups in total. The Kier molecular flexibility index (Phi) is 5.36. The Morgan fingerprint density at radius 1 is 0.679 bits per heavy atom. The maximum atomic E-state index is 12.3. The lowest BCUT2D eigenvalue weighted by Gasteiger charge is -2.05. The molecule has 138 valence electrons. The fourth-order valence-electron chi connectivity index (χ4n) is 2.41. The first-order chi connectivity index (χ1) is 13.5. The van der Waals surface area contributed by atoms with E-state index in [0.717, 1.165) is 0 Å². The van der Waals surface area contributed by atoms with Gasteiger partial charge in [0, 0.05) is 23.3 Å². The van der Waals surface area contributed by atoms with E-state index < -0.39 is 22.5 Å². The van der Waals surface area contributed by atoms with Crippen molar-refractivity contribution < 1.29 is 24.0 Å². The first-order valence-corrected chi connectivity index (χ1v) is 8.16. The van der Waals surface area contributed by atoms with Gasteiger partial charge in [-0.15, -0.1) is 0 Å². The highest BCUT2D eigenvalue weighted by atomic mass is 16.6. The number of esters is 1. The van der Waals surface area contributed by atoms with Crippen molar-refractivity contribution >= 4 is 23.2 Å². The fraction of sp³-hybridized carbons (Fsp3) is 0. The molecule has 0 heterocycles. The maximum Gasteiger partial charge on any atom is 0.343 e. The Morgan fingerprint density at radius 3 is 1.71 bits per heavy atom. The molecular weight excluding hydrogens is 362 g/mol. The highest BCUT2D eigenvalue weighted by molar-refractivity contribution is 6.49. The van der Waals surface area contributed by atoms with Crippen LogP contribution in [0.5, 0.6) is 5.75 Å². The summed E-state index contributed by atoms with van der Waals surface area (Å²) >= 11 is 0. The first-order valence-electron chi connectivity index (χ1n) is 8.16. The molecule has 3 aromatic carbocycles. The number of nitro groups is 1. The number of ether oxygens (including phenoxy) is 1. The summed E-state index contributed by atoms with van der Waals surface area (Å²) in [5.74, 6) is -1.86. The van der Waals surface area contributed by atoms with Gasteiger partial charge < -0.3 is 4.74 Å². The van der Waals surface area contributed by atoms with Crippen molar-refractivity contribution in [2.24, 2.45) is 0 Å². The van der Waals surface area contributed by atoms with Crippen molar-refractivity contribution in [2.75, 3.05) is 0 Å². The number of rotatable bonds is 6. The van der Waals surface area contributed by atoms with E-state index in [1.54, 1.807) is 30.3 Å². The van der Waals surface area contributed by atoms with Gasteiger partial charge in [-0.2, -0.15) is 0 Å². The maximum absolute atomic E-state index is 12.3. The van der Waals surface area contributed by atoms with E-state index in [0.29, 0.717) is 0 Å². The van der Waals surface area contributed by atoms with Gasteiger partial charge in [0.25, 0.3) is 5.69 Å². The normalized spacial score (nSPS) is 10.1. The summed E-state index contributed by atoms with van der Waals surface area (Å²) in [5, 5.41) is 10.6. The number of carbonyl (C=O) groups excluding carboxylic acids is 3. The van der Waals surface area contributed by atoms with Gasteiger partial charge >= 0.3 is 5.97 Å². The molecule has 3 aromatic rings. The third kappa shape index (κ3) is 4.16. The van der Waals surface area contributed by atoms with E-state index in [1.807, 2.05) is 0 Å². The molecular formula is C21H13NO6. The zero-order valence-corrected chi connectivity index (χ0v) is 14.4. The van der Waals surface area contributed by atoms with Crippen molar-refractivity contribution in [3.63, 3.8) is 0 Å². The summed E-state index contributed by atoms with van der Waals surface area (Å²) in [6.07, 6.45) is 0. The minimum Gasteiger partial charge on any atom is -0.423 e. The molecule has 0 bridgehead atoms. The number of hydrogen-bond donors (Lipinski definition) is 0. The molecule has 0 radical (unpaired) electrons. The van der Waals surface area contributed by atoms with Crippen molar-refractivity contribution in [1.29, 1.82) is 0 Å². The summed E-state index contributed by atoms with van der Waals surface area (Å²) in [6.45, 7) is 0. The third-order valence-electron chi connectivity index (χ3n) is 3.88. The quantitative estimate of drug-likeness (QED) is 0.162. The molecule has 0 aliphatic carbocycles. The molecule has 0 saturated carbocycles. The predicted octanol–water partition coefficient (Wildman–Crippen LogP) is 3.88. The van der Waals surface area contributed by atoms with Crippen molar-refractivity contribution in [2.45, 2.75) is 0 Å². The highest BCUT2D eigenvalue weighted by Gasteiger charge is 2.19. The lowest BCUT2D eigenvalue weighted by atomic mass is 10.0. The number of ketones is 2. The number of benzene rings is 3. The summed E-state index contributed by atoms with van der Waals surface area (Å²) in [4.78, 5) is 46.7. The zero-order chi connectivity index (χ0) is 20.1. The largest absolute Gasteiger partial charge is 0.423 e. The van der Waals surface area contributed by atoms with E-state index in [4.69, 9.17) is 4.74 Å². The van der Waals surface area contributed by atoms with Crippen molar-refractivity contribution in [1.82, 2.24) is 0 Å². The predicted molar refractivity (Wildman–Crippen MR) is 99.6 cm³/mol. The molecule has 7 nitrogen and oxygen atoms in total. The Balaban J connectivity index is 1.69. The van der Waals surface area contributed by atoms with Crippen LogP contribution in [0.25, 0.3) is 0 Å². The van der Waals surface area contributed by atoms with Gasteiger partial charge in [-0.25, -0.2) is 4.79 Å². The minimum atomic E-state index is -0.692. The second kappa shape index (κ2) is 8.05. The number of nitrogens with zero attached hydrogens (tertiary/aromatic N) is 1. The molecule has 0 spiro atoms. The van der Waals surface area contributed by atoms with Crippen LogP contribution < -0.4 is 4.74 Å². The van der Waals surface area contributed by atoms with E-state index in [-0.39, 0.29) is 28.1 Å². The molecule has 0 atom stereocenters. The third-order valence-corrected chi connectivity index (χ3v) is 3.88. The van der Waals surface area contributed by atoms with Crippen LogP contribution in [0.1, 0.15) is 31.1 Å². The van der Waals surface area contributed by atoms with Gasteiger partial charge in [-0.3, -0.25) is 19.7 Å².